The Bertz CT molecular complexity index is 230. The van der Waals surface area contributed by atoms with Gasteiger partial charge < -0.3 is 5.11 Å². The first kappa shape index (κ1) is 11.4. The average molecular weight is 318 g/mol. The van der Waals surface area contributed by atoms with Crippen molar-refractivity contribution in [2.45, 2.75) is 23.8 Å². The topological polar surface area (TPSA) is 37.3 Å². The van der Waals surface area contributed by atoms with Crippen LogP contribution in [0.4, 0.5) is 4.39 Å². The molecule has 0 bridgehead atoms. The lowest BCUT2D eigenvalue weighted by atomic mass is 10.1. The maximum absolute atomic E-state index is 12.8. The van der Waals surface area contributed by atoms with Crippen molar-refractivity contribution >= 4 is 37.8 Å². The minimum Gasteiger partial charge on any atom is -0.481 e. The van der Waals surface area contributed by atoms with Crippen molar-refractivity contribution in [3.8, 4) is 0 Å². The molecule has 0 aliphatic heterocycles. The smallest absolute Gasteiger partial charge is 0.307 e. The molecule has 0 heterocycles. The number of halogens is 3. The summed E-state index contributed by atoms with van der Waals surface area (Å²) in [5.74, 6) is -1.42. The van der Waals surface area contributed by atoms with Crippen molar-refractivity contribution < 1.29 is 14.3 Å². The van der Waals surface area contributed by atoms with Crippen LogP contribution >= 0.6 is 31.9 Å². The van der Waals surface area contributed by atoms with Gasteiger partial charge in [-0.15, -0.1) is 0 Å². The monoisotopic (exact) mass is 316 g/mol. The van der Waals surface area contributed by atoms with Crippen LogP contribution in [0.5, 0.6) is 0 Å². The second-order valence-corrected chi connectivity index (χ2v) is 5.87. The van der Waals surface area contributed by atoms with E-state index in [4.69, 9.17) is 5.11 Å². The van der Waals surface area contributed by atoms with Crippen LogP contribution in [-0.2, 0) is 4.79 Å². The lowest BCUT2D eigenvalue weighted by Crippen LogP contribution is -2.15. The van der Waals surface area contributed by atoms with Gasteiger partial charge >= 0.3 is 5.97 Å². The standard InChI is InChI=1S/C8H11Br2FO2/c1-8(2)3(4(8)7(12)13)5(9)6(10)11/h3-6H,1-2H3,(H,12,13). The molecule has 0 aromatic rings. The van der Waals surface area contributed by atoms with Gasteiger partial charge in [-0.25, -0.2) is 4.39 Å². The van der Waals surface area contributed by atoms with E-state index in [-0.39, 0.29) is 11.3 Å². The van der Waals surface area contributed by atoms with E-state index >= 15 is 0 Å². The fourth-order valence-electron chi connectivity index (χ4n) is 1.90. The van der Waals surface area contributed by atoms with Gasteiger partial charge in [0.1, 0.15) is 0 Å². The van der Waals surface area contributed by atoms with Crippen LogP contribution in [0.15, 0.2) is 0 Å². The normalized spacial score (nSPS) is 35.2. The number of carboxylic acids is 1. The van der Waals surface area contributed by atoms with Gasteiger partial charge in [0.2, 0.25) is 0 Å². The summed E-state index contributed by atoms with van der Waals surface area (Å²) < 4.78 is 12.8. The lowest BCUT2D eigenvalue weighted by molar-refractivity contribution is -0.139. The van der Waals surface area contributed by atoms with Gasteiger partial charge in [0.05, 0.1) is 10.7 Å². The minimum absolute atomic E-state index is 0.139. The molecule has 1 rings (SSSR count). The first-order valence-corrected chi connectivity index (χ1v) is 5.78. The van der Waals surface area contributed by atoms with E-state index in [2.05, 4.69) is 31.9 Å². The molecule has 0 saturated heterocycles. The number of alkyl halides is 3. The average Bonchev–Trinajstić information content (AvgIpc) is 2.51. The summed E-state index contributed by atoms with van der Waals surface area (Å²) in [5, 5.41) is 7.64. The Morgan fingerprint density at radius 3 is 2.23 bits per heavy atom. The molecule has 5 heteroatoms. The summed E-state index contributed by atoms with van der Waals surface area (Å²) in [6, 6.07) is 0. The highest BCUT2D eigenvalue weighted by atomic mass is 79.9. The third kappa shape index (κ3) is 1.91. The van der Waals surface area contributed by atoms with E-state index in [9.17, 15) is 9.18 Å². The largest absolute Gasteiger partial charge is 0.481 e. The van der Waals surface area contributed by atoms with E-state index in [1.165, 1.54) is 0 Å². The Balaban J connectivity index is 2.70. The summed E-state index contributed by atoms with van der Waals surface area (Å²) in [5.41, 5.74) is -0.307. The summed E-state index contributed by atoms with van der Waals surface area (Å²) in [4.78, 5) is 10.3. The van der Waals surface area contributed by atoms with Gasteiger partial charge in [-0.2, -0.15) is 0 Å². The van der Waals surface area contributed by atoms with Crippen molar-refractivity contribution in [3.63, 3.8) is 0 Å². The molecule has 1 N–H and O–H groups in total. The van der Waals surface area contributed by atoms with Gasteiger partial charge in [0.25, 0.3) is 0 Å². The predicted molar refractivity (Wildman–Crippen MR) is 54.9 cm³/mol. The zero-order valence-corrected chi connectivity index (χ0v) is 10.5. The summed E-state index contributed by atoms with van der Waals surface area (Å²) >= 11 is 5.97. The molecular formula is C8H11Br2FO2. The van der Waals surface area contributed by atoms with Crippen molar-refractivity contribution in [1.82, 2.24) is 0 Å². The van der Waals surface area contributed by atoms with Crippen molar-refractivity contribution in [2.75, 3.05) is 0 Å². The first-order chi connectivity index (χ1) is 5.80. The van der Waals surface area contributed by atoms with Gasteiger partial charge in [-0.05, 0) is 11.3 Å². The number of carbonyl (C=O) groups is 1. The molecule has 13 heavy (non-hydrogen) atoms. The number of hydrogen-bond acceptors (Lipinski definition) is 1. The Kier molecular flexibility index (Phi) is 3.08. The van der Waals surface area contributed by atoms with Crippen LogP contribution in [0.25, 0.3) is 0 Å². The van der Waals surface area contributed by atoms with Crippen molar-refractivity contribution in [3.05, 3.63) is 0 Å². The summed E-state index contributed by atoms with van der Waals surface area (Å²) in [7, 11) is 0. The van der Waals surface area contributed by atoms with E-state index in [1.54, 1.807) is 0 Å². The van der Waals surface area contributed by atoms with Crippen LogP contribution in [0.2, 0.25) is 0 Å². The molecule has 0 spiro atoms. The highest BCUT2D eigenvalue weighted by Gasteiger charge is 2.65. The molecule has 0 radical (unpaired) electrons. The van der Waals surface area contributed by atoms with E-state index < -0.39 is 21.8 Å². The van der Waals surface area contributed by atoms with Crippen LogP contribution in [0.1, 0.15) is 13.8 Å². The molecule has 1 aliphatic rings. The quantitative estimate of drug-likeness (QED) is 0.813. The van der Waals surface area contributed by atoms with Gasteiger partial charge in [0.15, 0.2) is 5.08 Å². The van der Waals surface area contributed by atoms with Gasteiger partial charge in [-0.1, -0.05) is 45.7 Å². The summed E-state index contributed by atoms with van der Waals surface area (Å²) in [6.45, 7) is 3.69. The van der Waals surface area contributed by atoms with Gasteiger partial charge in [-0.3, -0.25) is 4.79 Å². The molecule has 76 valence electrons. The molecule has 0 amide bonds. The molecule has 4 unspecified atom stereocenters. The first-order valence-electron chi connectivity index (χ1n) is 3.95. The van der Waals surface area contributed by atoms with Crippen molar-refractivity contribution in [1.29, 1.82) is 0 Å². The van der Waals surface area contributed by atoms with Gasteiger partial charge in [0, 0.05) is 0 Å². The Morgan fingerprint density at radius 1 is 1.54 bits per heavy atom. The van der Waals surface area contributed by atoms with E-state index in [0.29, 0.717) is 0 Å². The van der Waals surface area contributed by atoms with Crippen molar-refractivity contribution in [2.24, 2.45) is 17.3 Å². The molecule has 1 saturated carbocycles. The fourth-order valence-corrected chi connectivity index (χ4v) is 3.22. The predicted octanol–water partition coefficient (Wildman–Crippen LogP) is 2.80. The molecule has 1 aliphatic carbocycles. The summed E-state index contributed by atoms with van der Waals surface area (Å²) in [6.07, 6.45) is 0. The maximum Gasteiger partial charge on any atom is 0.307 e. The zero-order chi connectivity index (χ0) is 10.4. The van der Waals surface area contributed by atoms with Crippen LogP contribution < -0.4 is 0 Å². The lowest BCUT2D eigenvalue weighted by Gasteiger charge is -2.10. The zero-order valence-electron chi connectivity index (χ0n) is 7.30. The Labute approximate surface area is 93.1 Å². The SMILES string of the molecule is CC1(C)C(C(=O)O)C1C(Br)C(F)Br. The molecular weight excluding hydrogens is 307 g/mol. The fraction of sp³-hybridized carbons (Fsp3) is 0.875. The number of carboxylic acid groups (broad SMARTS) is 1. The van der Waals surface area contributed by atoms with E-state index in [0.717, 1.165) is 0 Å². The number of aliphatic carboxylic acids is 1. The second-order valence-electron chi connectivity index (χ2n) is 3.94. The Hall–Kier alpha value is 0.360. The third-order valence-corrected chi connectivity index (χ3v) is 5.07. The van der Waals surface area contributed by atoms with E-state index in [1.807, 2.05) is 13.8 Å². The molecule has 1 fully saturated rings. The number of hydrogen-bond donors (Lipinski definition) is 1. The number of rotatable bonds is 3. The Morgan fingerprint density at radius 2 is 2.00 bits per heavy atom. The second kappa shape index (κ2) is 3.50. The van der Waals surface area contributed by atoms with Crippen LogP contribution in [0.3, 0.4) is 0 Å². The third-order valence-electron chi connectivity index (χ3n) is 2.76. The molecule has 2 nitrogen and oxygen atoms in total. The molecule has 0 aromatic carbocycles. The highest BCUT2D eigenvalue weighted by molar-refractivity contribution is 9.12. The minimum atomic E-state index is -1.19. The highest BCUT2D eigenvalue weighted by Crippen LogP contribution is 2.62. The van der Waals surface area contributed by atoms with Crippen LogP contribution in [-0.4, -0.2) is 21.0 Å². The molecule has 4 atom stereocenters. The molecule has 0 aromatic heterocycles. The van der Waals surface area contributed by atoms with Crippen LogP contribution in [0, 0.1) is 17.3 Å². The maximum atomic E-state index is 12.8.